The zero-order valence-corrected chi connectivity index (χ0v) is 11.2. The fourth-order valence-electron chi connectivity index (χ4n) is 2.18. The number of hydrogen-bond acceptors (Lipinski definition) is 1. The molecule has 0 radical (unpaired) electrons. The second-order valence-electron chi connectivity index (χ2n) is 4.56. The Hall–Kier alpha value is -2.06. The molecule has 2 aromatic carbocycles. The van der Waals surface area contributed by atoms with Crippen molar-refractivity contribution in [1.29, 1.82) is 0 Å². The van der Waals surface area contributed by atoms with Gasteiger partial charge >= 0.3 is 0 Å². The average Bonchev–Trinajstić information content (AvgIpc) is 2.84. The van der Waals surface area contributed by atoms with E-state index in [1.807, 2.05) is 43.3 Å². The quantitative estimate of drug-likeness (QED) is 0.689. The molecule has 0 saturated carbocycles. The van der Waals surface area contributed by atoms with Crippen molar-refractivity contribution in [2.24, 2.45) is 0 Å². The van der Waals surface area contributed by atoms with E-state index in [9.17, 15) is 4.79 Å². The van der Waals surface area contributed by atoms with E-state index in [1.165, 1.54) is 0 Å². The Morgan fingerprint density at radius 3 is 2.58 bits per heavy atom. The molecule has 1 aromatic heterocycles. The number of ketones is 1. The molecule has 0 atom stereocenters. The number of aromatic amines is 1. The van der Waals surface area contributed by atoms with Crippen molar-refractivity contribution in [2.75, 3.05) is 0 Å². The van der Waals surface area contributed by atoms with Gasteiger partial charge in [-0.25, -0.2) is 0 Å². The molecule has 19 heavy (non-hydrogen) atoms. The van der Waals surface area contributed by atoms with E-state index >= 15 is 0 Å². The largest absolute Gasteiger partial charge is 0.360 e. The van der Waals surface area contributed by atoms with E-state index < -0.39 is 0 Å². The summed E-state index contributed by atoms with van der Waals surface area (Å²) in [6, 6.07) is 13.1. The summed E-state index contributed by atoms with van der Waals surface area (Å²) in [6.07, 6.45) is 1.72. The van der Waals surface area contributed by atoms with Gasteiger partial charge in [0.25, 0.3) is 0 Å². The second-order valence-corrected chi connectivity index (χ2v) is 4.97. The fraction of sp³-hybridized carbons (Fsp3) is 0.0625. The van der Waals surface area contributed by atoms with E-state index in [0.717, 1.165) is 16.5 Å². The van der Waals surface area contributed by atoms with Gasteiger partial charge in [0.15, 0.2) is 5.78 Å². The lowest BCUT2D eigenvalue weighted by Gasteiger charge is -2.01. The van der Waals surface area contributed by atoms with Crippen LogP contribution in [0.1, 0.15) is 21.5 Å². The maximum Gasteiger partial charge on any atom is 0.195 e. The van der Waals surface area contributed by atoms with Crippen molar-refractivity contribution in [1.82, 2.24) is 4.98 Å². The van der Waals surface area contributed by atoms with Crippen LogP contribution in [-0.2, 0) is 0 Å². The molecule has 0 unspecified atom stereocenters. The topological polar surface area (TPSA) is 32.9 Å². The molecule has 3 aromatic rings. The van der Waals surface area contributed by atoms with Gasteiger partial charge in [0, 0.05) is 28.2 Å². The first-order valence-corrected chi connectivity index (χ1v) is 6.41. The third kappa shape index (κ3) is 2.04. The molecular weight excluding hydrogens is 258 g/mol. The number of fused-ring (bicyclic) bond motifs is 1. The first kappa shape index (κ1) is 12.0. The number of nitrogens with one attached hydrogen (secondary N) is 1. The molecule has 3 heteroatoms. The van der Waals surface area contributed by atoms with Gasteiger partial charge in [-0.2, -0.15) is 0 Å². The average molecular weight is 270 g/mol. The Labute approximate surface area is 116 Å². The van der Waals surface area contributed by atoms with Gasteiger partial charge in [0.1, 0.15) is 0 Å². The highest BCUT2D eigenvalue weighted by Crippen LogP contribution is 2.28. The lowest BCUT2D eigenvalue weighted by molar-refractivity contribution is 0.104. The van der Waals surface area contributed by atoms with Crippen molar-refractivity contribution in [3.05, 3.63) is 70.4 Å². The van der Waals surface area contributed by atoms with E-state index in [4.69, 9.17) is 11.6 Å². The summed E-state index contributed by atoms with van der Waals surface area (Å²) in [6.45, 7) is 2.00. The first-order chi connectivity index (χ1) is 9.16. The number of rotatable bonds is 2. The predicted molar refractivity (Wildman–Crippen MR) is 77.9 cm³/mol. The van der Waals surface area contributed by atoms with Crippen LogP contribution in [0.15, 0.2) is 48.7 Å². The molecule has 2 nitrogen and oxygen atoms in total. The summed E-state index contributed by atoms with van der Waals surface area (Å²) < 4.78 is 0. The third-order valence-electron chi connectivity index (χ3n) is 3.21. The van der Waals surface area contributed by atoms with Crippen LogP contribution in [0.3, 0.4) is 0 Å². The lowest BCUT2D eigenvalue weighted by atomic mass is 10.0. The number of carbonyl (C=O) groups is 1. The molecule has 94 valence electrons. The molecule has 0 bridgehead atoms. The molecule has 1 heterocycles. The molecule has 0 aliphatic carbocycles. The zero-order valence-electron chi connectivity index (χ0n) is 10.4. The molecule has 0 saturated heterocycles. The number of H-pyrrole nitrogens is 1. The molecule has 0 fully saturated rings. The van der Waals surface area contributed by atoms with Gasteiger partial charge in [0.2, 0.25) is 0 Å². The van der Waals surface area contributed by atoms with Crippen LogP contribution >= 0.6 is 11.6 Å². The molecule has 0 aliphatic heterocycles. The first-order valence-electron chi connectivity index (χ1n) is 6.04. The highest BCUT2D eigenvalue weighted by molar-refractivity contribution is 6.37. The highest BCUT2D eigenvalue weighted by Gasteiger charge is 2.15. The SMILES string of the molecule is Cc1ccc(C(=O)c2c[nH]c3cccc(Cl)c23)cc1. The number of halogens is 1. The van der Waals surface area contributed by atoms with Crippen LogP contribution in [0, 0.1) is 6.92 Å². The predicted octanol–water partition coefficient (Wildman–Crippen LogP) is 4.36. The maximum absolute atomic E-state index is 12.5. The summed E-state index contributed by atoms with van der Waals surface area (Å²) in [5.74, 6) is -0.0145. The minimum absolute atomic E-state index is 0.0145. The van der Waals surface area contributed by atoms with Crippen LogP contribution in [0.5, 0.6) is 0 Å². The van der Waals surface area contributed by atoms with Crippen molar-refractivity contribution in [2.45, 2.75) is 6.92 Å². The fourth-order valence-corrected chi connectivity index (χ4v) is 2.46. The Bertz CT molecular complexity index is 756. The van der Waals surface area contributed by atoms with Crippen molar-refractivity contribution in [3.63, 3.8) is 0 Å². The summed E-state index contributed by atoms with van der Waals surface area (Å²) in [5.41, 5.74) is 3.30. The number of carbonyl (C=O) groups excluding carboxylic acids is 1. The van der Waals surface area contributed by atoms with Gasteiger partial charge in [-0.05, 0) is 19.1 Å². The van der Waals surface area contributed by atoms with Gasteiger partial charge in [-0.1, -0.05) is 47.5 Å². The minimum atomic E-state index is -0.0145. The van der Waals surface area contributed by atoms with Crippen LogP contribution in [-0.4, -0.2) is 10.8 Å². The van der Waals surface area contributed by atoms with E-state index in [1.54, 1.807) is 12.3 Å². The summed E-state index contributed by atoms with van der Waals surface area (Å²) in [4.78, 5) is 15.6. The van der Waals surface area contributed by atoms with E-state index in [-0.39, 0.29) is 5.78 Å². The number of hydrogen-bond donors (Lipinski definition) is 1. The van der Waals surface area contributed by atoms with Crippen LogP contribution in [0.25, 0.3) is 10.9 Å². The van der Waals surface area contributed by atoms with E-state index in [2.05, 4.69) is 4.98 Å². The molecular formula is C16H12ClNO. The monoisotopic (exact) mass is 269 g/mol. The summed E-state index contributed by atoms with van der Waals surface area (Å²) in [5, 5.41) is 1.38. The number of aromatic nitrogens is 1. The zero-order chi connectivity index (χ0) is 13.4. The standard InChI is InChI=1S/C16H12ClNO/c1-10-5-7-11(8-6-10)16(19)12-9-18-14-4-2-3-13(17)15(12)14/h2-9,18H,1H3. The normalized spacial score (nSPS) is 10.8. The lowest BCUT2D eigenvalue weighted by Crippen LogP contribution is -2.00. The molecule has 3 rings (SSSR count). The Morgan fingerprint density at radius 1 is 1.11 bits per heavy atom. The van der Waals surface area contributed by atoms with E-state index in [0.29, 0.717) is 16.1 Å². The highest BCUT2D eigenvalue weighted by atomic mass is 35.5. The van der Waals surface area contributed by atoms with Crippen LogP contribution < -0.4 is 0 Å². The number of aryl methyl sites for hydroxylation is 1. The van der Waals surface area contributed by atoms with Gasteiger partial charge in [-0.15, -0.1) is 0 Å². The minimum Gasteiger partial charge on any atom is -0.360 e. The smallest absolute Gasteiger partial charge is 0.195 e. The molecule has 0 amide bonds. The number of benzene rings is 2. The summed E-state index contributed by atoms with van der Waals surface area (Å²) in [7, 11) is 0. The Kier molecular flexibility index (Phi) is 2.88. The van der Waals surface area contributed by atoms with Gasteiger partial charge < -0.3 is 4.98 Å². The summed E-state index contributed by atoms with van der Waals surface area (Å²) >= 11 is 6.19. The van der Waals surface area contributed by atoms with Crippen LogP contribution in [0.4, 0.5) is 0 Å². The molecule has 0 spiro atoms. The second kappa shape index (κ2) is 4.56. The van der Waals surface area contributed by atoms with Crippen molar-refractivity contribution in [3.8, 4) is 0 Å². The Balaban J connectivity index is 2.14. The molecule has 0 aliphatic rings. The molecule has 1 N–H and O–H groups in total. The van der Waals surface area contributed by atoms with Gasteiger partial charge in [-0.3, -0.25) is 4.79 Å². The van der Waals surface area contributed by atoms with Crippen molar-refractivity contribution < 1.29 is 4.79 Å². The van der Waals surface area contributed by atoms with Gasteiger partial charge in [0.05, 0.1) is 5.02 Å². The maximum atomic E-state index is 12.5. The van der Waals surface area contributed by atoms with Crippen LogP contribution in [0.2, 0.25) is 5.02 Å². The van der Waals surface area contributed by atoms with Crippen molar-refractivity contribution >= 4 is 28.3 Å². The third-order valence-corrected chi connectivity index (χ3v) is 3.53. The Morgan fingerprint density at radius 2 is 1.84 bits per heavy atom.